The van der Waals surface area contributed by atoms with E-state index in [0.29, 0.717) is 11.2 Å². The lowest BCUT2D eigenvalue weighted by molar-refractivity contribution is 0.466. The van der Waals surface area contributed by atoms with Crippen LogP contribution in [0.3, 0.4) is 0 Å². The number of pyridine rings is 1. The van der Waals surface area contributed by atoms with Crippen molar-refractivity contribution in [3.05, 3.63) is 22.0 Å². The van der Waals surface area contributed by atoms with E-state index in [9.17, 15) is 0 Å². The molecule has 0 bridgehead atoms. The highest BCUT2D eigenvalue weighted by atomic mass is 79.9. The first-order valence-corrected chi connectivity index (χ1v) is 6.49. The zero-order chi connectivity index (χ0) is 11.7. The predicted octanol–water partition coefficient (Wildman–Crippen LogP) is 4.21. The fourth-order valence-corrected chi connectivity index (χ4v) is 2.48. The number of hydrogen-bond acceptors (Lipinski definition) is 2. The number of rotatable bonds is 3. The summed E-state index contributed by atoms with van der Waals surface area (Å²) in [5.41, 5.74) is 1.04. The minimum Gasteiger partial charge on any atom is -0.261 e. The Morgan fingerprint density at radius 1 is 1.56 bits per heavy atom. The van der Waals surface area contributed by atoms with Crippen molar-refractivity contribution in [1.29, 1.82) is 0 Å². The monoisotopic (exact) mass is 301 g/mol. The van der Waals surface area contributed by atoms with Gasteiger partial charge in [0.05, 0.1) is 10.9 Å². The van der Waals surface area contributed by atoms with Crippen LogP contribution in [0.25, 0.3) is 10.9 Å². The maximum Gasteiger partial charge on any atom is 0.137 e. The smallest absolute Gasteiger partial charge is 0.137 e. The van der Waals surface area contributed by atoms with Gasteiger partial charge >= 0.3 is 0 Å². The Labute approximate surface area is 108 Å². The molecule has 0 spiro atoms. The van der Waals surface area contributed by atoms with Crippen molar-refractivity contribution < 1.29 is 0 Å². The fraction of sp³-hybridized carbons (Fsp3) is 0.455. The first-order valence-electron chi connectivity index (χ1n) is 5.32. The van der Waals surface area contributed by atoms with Gasteiger partial charge in [0.2, 0.25) is 0 Å². The molecule has 2 heterocycles. The lowest BCUT2D eigenvalue weighted by atomic mass is 10.2. The van der Waals surface area contributed by atoms with Gasteiger partial charge in [-0.15, -0.1) is 0 Å². The zero-order valence-corrected chi connectivity index (χ0v) is 11.6. The van der Waals surface area contributed by atoms with Gasteiger partial charge in [-0.25, -0.2) is 4.98 Å². The highest BCUT2D eigenvalue weighted by Crippen LogP contribution is 2.28. The summed E-state index contributed by atoms with van der Waals surface area (Å²) in [5.74, 6) is 0. The molecule has 0 saturated heterocycles. The maximum atomic E-state index is 5.91. The van der Waals surface area contributed by atoms with Crippen LogP contribution in [0.4, 0.5) is 0 Å². The second kappa shape index (κ2) is 4.72. The zero-order valence-electron chi connectivity index (χ0n) is 9.24. The molecule has 0 fully saturated rings. The second-order valence-electron chi connectivity index (χ2n) is 3.90. The van der Waals surface area contributed by atoms with E-state index in [2.05, 4.69) is 39.9 Å². The number of nitrogens with zero attached hydrogens (tertiary/aromatic N) is 3. The lowest BCUT2D eigenvalue weighted by Gasteiger charge is -2.11. The molecule has 0 amide bonds. The first-order chi connectivity index (χ1) is 7.63. The quantitative estimate of drug-likeness (QED) is 0.795. The van der Waals surface area contributed by atoms with Crippen LogP contribution < -0.4 is 0 Å². The summed E-state index contributed by atoms with van der Waals surface area (Å²) in [7, 11) is 0. The highest BCUT2D eigenvalue weighted by molar-refractivity contribution is 9.10. The number of hydrogen-bond donors (Lipinski definition) is 0. The van der Waals surface area contributed by atoms with Gasteiger partial charge in [-0.05, 0) is 29.3 Å². The molecule has 5 heteroatoms. The molecule has 2 aromatic rings. The van der Waals surface area contributed by atoms with Crippen LogP contribution in [-0.4, -0.2) is 14.8 Å². The molecule has 2 rings (SSSR count). The summed E-state index contributed by atoms with van der Waals surface area (Å²) < 4.78 is 2.84. The molecule has 0 aromatic carbocycles. The Balaban J connectivity index is 2.56. The third-order valence-corrected chi connectivity index (χ3v) is 3.43. The summed E-state index contributed by atoms with van der Waals surface area (Å²) >= 11 is 9.36. The Bertz CT molecular complexity index is 509. The van der Waals surface area contributed by atoms with E-state index >= 15 is 0 Å². The van der Waals surface area contributed by atoms with Crippen LogP contribution in [0, 0.1) is 0 Å². The summed E-state index contributed by atoms with van der Waals surface area (Å²) in [6.07, 6.45) is 3.99. The standard InChI is InChI=1S/C11H13BrClN3/c1-3-4-7(2)16-9-5-10(13)14-6-8(9)11(12)15-16/h5-7H,3-4H2,1-2H3/t7-/m0/s1. The summed E-state index contributed by atoms with van der Waals surface area (Å²) in [5, 5.41) is 6.00. The van der Waals surface area contributed by atoms with E-state index in [0.717, 1.165) is 28.3 Å². The van der Waals surface area contributed by atoms with Crippen molar-refractivity contribution in [3.8, 4) is 0 Å². The third-order valence-electron chi connectivity index (χ3n) is 2.64. The molecule has 0 saturated carbocycles. The third kappa shape index (κ3) is 2.09. The van der Waals surface area contributed by atoms with Crippen molar-refractivity contribution in [3.63, 3.8) is 0 Å². The molecule has 0 radical (unpaired) electrons. The van der Waals surface area contributed by atoms with Crippen molar-refractivity contribution in [1.82, 2.24) is 14.8 Å². The van der Waals surface area contributed by atoms with Crippen LogP contribution in [0.15, 0.2) is 16.9 Å². The highest BCUT2D eigenvalue weighted by Gasteiger charge is 2.13. The van der Waals surface area contributed by atoms with E-state index in [-0.39, 0.29) is 0 Å². The van der Waals surface area contributed by atoms with E-state index in [4.69, 9.17) is 11.6 Å². The van der Waals surface area contributed by atoms with Gasteiger partial charge in [0.1, 0.15) is 9.76 Å². The first kappa shape index (κ1) is 11.9. The Morgan fingerprint density at radius 3 is 3.00 bits per heavy atom. The van der Waals surface area contributed by atoms with Gasteiger partial charge in [0.25, 0.3) is 0 Å². The molecule has 0 N–H and O–H groups in total. The molecule has 0 aliphatic rings. The predicted molar refractivity (Wildman–Crippen MR) is 69.9 cm³/mol. The number of halogens is 2. The topological polar surface area (TPSA) is 30.7 Å². The Kier molecular flexibility index (Phi) is 3.50. The van der Waals surface area contributed by atoms with Crippen LogP contribution in [0.2, 0.25) is 5.15 Å². The Hall–Kier alpha value is -0.610. The second-order valence-corrected chi connectivity index (χ2v) is 5.04. The minimum absolute atomic E-state index is 0.372. The van der Waals surface area contributed by atoms with E-state index in [1.807, 2.05) is 10.7 Å². The van der Waals surface area contributed by atoms with Gasteiger partial charge < -0.3 is 0 Å². The van der Waals surface area contributed by atoms with Crippen molar-refractivity contribution >= 4 is 38.4 Å². The van der Waals surface area contributed by atoms with Gasteiger partial charge in [-0.3, -0.25) is 4.68 Å². The summed E-state index contributed by atoms with van der Waals surface area (Å²) in [6.45, 7) is 4.34. The summed E-state index contributed by atoms with van der Waals surface area (Å²) in [4.78, 5) is 4.07. The van der Waals surface area contributed by atoms with E-state index < -0.39 is 0 Å². The van der Waals surface area contributed by atoms with Gasteiger partial charge in [-0.2, -0.15) is 5.10 Å². The number of aromatic nitrogens is 3. The fourth-order valence-electron chi connectivity index (χ4n) is 1.85. The molecule has 16 heavy (non-hydrogen) atoms. The van der Waals surface area contributed by atoms with Crippen LogP contribution in [-0.2, 0) is 0 Å². The maximum absolute atomic E-state index is 5.91. The molecule has 3 nitrogen and oxygen atoms in total. The lowest BCUT2D eigenvalue weighted by Crippen LogP contribution is -2.06. The molecular weight excluding hydrogens is 289 g/mol. The average Bonchev–Trinajstić information content (AvgIpc) is 2.56. The summed E-state index contributed by atoms with van der Waals surface area (Å²) in [6, 6.07) is 2.23. The largest absolute Gasteiger partial charge is 0.261 e. The normalized spacial score (nSPS) is 13.2. The molecule has 2 aromatic heterocycles. The molecule has 0 unspecified atom stereocenters. The molecule has 0 aliphatic heterocycles. The minimum atomic E-state index is 0.372. The molecule has 86 valence electrons. The SMILES string of the molecule is CCC[C@H](C)n1nc(Br)c2cnc(Cl)cc21. The van der Waals surface area contributed by atoms with Crippen molar-refractivity contribution in [2.75, 3.05) is 0 Å². The average molecular weight is 303 g/mol. The molecule has 0 aliphatic carbocycles. The Morgan fingerprint density at radius 2 is 2.31 bits per heavy atom. The van der Waals surface area contributed by atoms with Crippen LogP contribution in [0.1, 0.15) is 32.7 Å². The van der Waals surface area contributed by atoms with Gasteiger partial charge in [-0.1, -0.05) is 24.9 Å². The van der Waals surface area contributed by atoms with Crippen LogP contribution in [0.5, 0.6) is 0 Å². The van der Waals surface area contributed by atoms with Crippen molar-refractivity contribution in [2.24, 2.45) is 0 Å². The van der Waals surface area contributed by atoms with Gasteiger partial charge in [0, 0.05) is 18.3 Å². The number of fused-ring (bicyclic) bond motifs is 1. The molecule has 1 atom stereocenters. The van der Waals surface area contributed by atoms with Crippen molar-refractivity contribution in [2.45, 2.75) is 32.7 Å². The van der Waals surface area contributed by atoms with Gasteiger partial charge in [0.15, 0.2) is 0 Å². The van der Waals surface area contributed by atoms with E-state index in [1.165, 1.54) is 0 Å². The van der Waals surface area contributed by atoms with Crippen LogP contribution >= 0.6 is 27.5 Å². The molecular formula is C11H13BrClN3. The van der Waals surface area contributed by atoms with E-state index in [1.54, 1.807) is 6.20 Å².